The van der Waals surface area contributed by atoms with Crippen LogP contribution in [0.25, 0.3) is 0 Å². The summed E-state index contributed by atoms with van der Waals surface area (Å²) in [6, 6.07) is 10.2. The zero-order valence-corrected chi connectivity index (χ0v) is 9.21. The van der Waals surface area contributed by atoms with Crippen molar-refractivity contribution < 1.29 is 4.79 Å². The molecule has 0 bridgehead atoms. The predicted octanol–water partition coefficient (Wildman–Crippen LogP) is 3.23. The quantitative estimate of drug-likeness (QED) is 0.712. The SMILES string of the molecule is CCC(C)(Cc1ccccc1)C(C)=O. The van der Waals surface area contributed by atoms with Crippen LogP contribution >= 0.6 is 0 Å². The lowest BCUT2D eigenvalue weighted by molar-refractivity contribution is -0.125. The highest BCUT2D eigenvalue weighted by atomic mass is 16.1. The molecule has 0 radical (unpaired) electrons. The van der Waals surface area contributed by atoms with Crippen molar-refractivity contribution in [3.05, 3.63) is 35.9 Å². The van der Waals surface area contributed by atoms with Crippen molar-refractivity contribution >= 4 is 5.78 Å². The molecule has 1 unspecified atom stereocenters. The summed E-state index contributed by atoms with van der Waals surface area (Å²) in [6.45, 7) is 5.80. The molecule has 1 aromatic rings. The van der Waals surface area contributed by atoms with Gasteiger partial charge in [-0.15, -0.1) is 0 Å². The minimum Gasteiger partial charge on any atom is -0.299 e. The molecule has 76 valence electrons. The molecule has 0 saturated carbocycles. The molecule has 1 rings (SSSR count). The van der Waals surface area contributed by atoms with Crippen molar-refractivity contribution in [2.45, 2.75) is 33.6 Å². The van der Waals surface area contributed by atoms with Gasteiger partial charge in [0.2, 0.25) is 0 Å². The van der Waals surface area contributed by atoms with Gasteiger partial charge in [-0.1, -0.05) is 44.2 Å². The summed E-state index contributed by atoms with van der Waals surface area (Å²) < 4.78 is 0. The molecule has 0 heterocycles. The number of carbonyl (C=O) groups excluding carboxylic acids is 1. The third kappa shape index (κ3) is 2.44. The van der Waals surface area contributed by atoms with Crippen LogP contribution in [0.2, 0.25) is 0 Å². The molecule has 14 heavy (non-hydrogen) atoms. The van der Waals surface area contributed by atoms with Gasteiger partial charge >= 0.3 is 0 Å². The largest absolute Gasteiger partial charge is 0.299 e. The molecule has 0 aromatic heterocycles. The molecule has 0 aliphatic heterocycles. The highest BCUT2D eigenvalue weighted by Gasteiger charge is 2.27. The Kier molecular flexibility index (Phi) is 3.45. The van der Waals surface area contributed by atoms with E-state index in [-0.39, 0.29) is 11.2 Å². The fourth-order valence-electron chi connectivity index (χ4n) is 1.54. The number of Topliss-reactive ketones (excluding diaryl/α,β-unsaturated/α-hetero) is 1. The van der Waals surface area contributed by atoms with Gasteiger partial charge in [-0.05, 0) is 25.3 Å². The molecule has 1 nitrogen and oxygen atoms in total. The van der Waals surface area contributed by atoms with E-state index in [1.54, 1.807) is 6.92 Å². The maximum atomic E-state index is 11.5. The van der Waals surface area contributed by atoms with Gasteiger partial charge in [0.25, 0.3) is 0 Å². The highest BCUT2D eigenvalue weighted by Crippen LogP contribution is 2.27. The summed E-state index contributed by atoms with van der Waals surface area (Å²) in [4.78, 5) is 11.5. The molecular formula is C13H18O. The normalized spacial score (nSPS) is 14.8. The first-order valence-corrected chi connectivity index (χ1v) is 5.13. The van der Waals surface area contributed by atoms with Gasteiger partial charge in [0, 0.05) is 5.41 Å². The molecule has 0 fully saturated rings. The molecule has 1 heteroatoms. The van der Waals surface area contributed by atoms with E-state index in [1.807, 2.05) is 25.1 Å². The maximum absolute atomic E-state index is 11.5. The van der Waals surface area contributed by atoms with Crippen LogP contribution in [-0.2, 0) is 11.2 Å². The van der Waals surface area contributed by atoms with E-state index in [0.717, 1.165) is 12.8 Å². The molecule has 0 amide bonds. The van der Waals surface area contributed by atoms with Gasteiger partial charge in [-0.2, -0.15) is 0 Å². The number of hydrogen-bond acceptors (Lipinski definition) is 1. The van der Waals surface area contributed by atoms with Crippen molar-refractivity contribution in [1.29, 1.82) is 0 Å². The maximum Gasteiger partial charge on any atom is 0.136 e. The predicted molar refractivity (Wildman–Crippen MR) is 59.2 cm³/mol. The Labute approximate surface area is 86.1 Å². The van der Waals surface area contributed by atoms with Crippen molar-refractivity contribution in [3.8, 4) is 0 Å². The molecule has 1 aromatic carbocycles. The summed E-state index contributed by atoms with van der Waals surface area (Å²) in [7, 11) is 0. The van der Waals surface area contributed by atoms with Gasteiger partial charge in [0.05, 0.1) is 0 Å². The number of benzene rings is 1. The second-order valence-electron chi connectivity index (χ2n) is 4.13. The van der Waals surface area contributed by atoms with Crippen LogP contribution < -0.4 is 0 Å². The Morgan fingerprint density at radius 3 is 2.29 bits per heavy atom. The van der Waals surface area contributed by atoms with Crippen LogP contribution in [0, 0.1) is 5.41 Å². The smallest absolute Gasteiger partial charge is 0.136 e. The van der Waals surface area contributed by atoms with Crippen molar-refractivity contribution in [2.75, 3.05) is 0 Å². The fraction of sp³-hybridized carbons (Fsp3) is 0.462. The first-order valence-electron chi connectivity index (χ1n) is 5.13. The second-order valence-corrected chi connectivity index (χ2v) is 4.13. The zero-order chi connectivity index (χ0) is 10.6. The third-order valence-electron chi connectivity index (χ3n) is 3.07. The Bertz CT molecular complexity index is 302. The van der Waals surface area contributed by atoms with Crippen LogP contribution in [0.1, 0.15) is 32.8 Å². The van der Waals surface area contributed by atoms with E-state index >= 15 is 0 Å². The molecule has 0 N–H and O–H groups in total. The average Bonchev–Trinajstić information content (AvgIpc) is 2.19. The van der Waals surface area contributed by atoms with Gasteiger partial charge < -0.3 is 0 Å². The monoisotopic (exact) mass is 190 g/mol. The summed E-state index contributed by atoms with van der Waals surface area (Å²) >= 11 is 0. The van der Waals surface area contributed by atoms with E-state index in [0.29, 0.717) is 0 Å². The fourth-order valence-corrected chi connectivity index (χ4v) is 1.54. The molecule has 1 atom stereocenters. The number of ketones is 1. The summed E-state index contributed by atoms with van der Waals surface area (Å²) in [5.74, 6) is 0.281. The summed E-state index contributed by atoms with van der Waals surface area (Å²) in [6.07, 6.45) is 1.75. The van der Waals surface area contributed by atoms with Gasteiger partial charge in [0.1, 0.15) is 5.78 Å². The van der Waals surface area contributed by atoms with Crippen LogP contribution in [0.3, 0.4) is 0 Å². The molecule has 0 spiro atoms. The van der Waals surface area contributed by atoms with E-state index in [4.69, 9.17) is 0 Å². The molecule has 0 aliphatic carbocycles. The van der Waals surface area contributed by atoms with Crippen LogP contribution in [0.5, 0.6) is 0 Å². The summed E-state index contributed by atoms with van der Waals surface area (Å²) in [5.41, 5.74) is 1.05. The average molecular weight is 190 g/mol. The van der Waals surface area contributed by atoms with E-state index in [9.17, 15) is 4.79 Å². The second kappa shape index (κ2) is 4.41. The van der Waals surface area contributed by atoms with Crippen molar-refractivity contribution in [3.63, 3.8) is 0 Å². The van der Waals surface area contributed by atoms with Gasteiger partial charge in [0.15, 0.2) is 0 Å². The van der Waals surface area contributed by atoms with E-state index in [1.165, 1.54) is 5.56 Å². The van der Waals surface area contributed by atoms with Crippen molar-refractivity contribution in [2.24, 2.45) is 5.41 Å². The Morgan fingerprint density at radius 2 is 1.86 bits per heavy atom. The molecule has 0 aliphatic rings. The van der Waals surface area contributed by atoms with E-state index in [2.05, 4.69) is 19.1 Å². The standard InChI is InChI=1S/C13H18O/c1-4-13(3,11(2)14)10-12-8-6-5-7-9-12/h5-9H,4,10H2,1-3H3. The minimum absolute atomic E-state index is 0.193. The van der Waals surface area contributed by atoms with Crippen LogP contribution in [0.15, 0.2) is 30.3 Å². The number of rotatable bonds is 4. The lowest BCUT2D eigenvalue weighted by Crippen LogP contribution is -2.27. The number of hydrogen-bond donors (Lipinski definition) is 0. The van der Waals surface area contributed by atoms with Gasteiger partial charge in [-0.3, -0.25) is 4.79 Å². The van der Waals surface area contributed by atoms with E-state index < -0.39 is 0 Å². The first kappa shape index (κ1) is 11.0. The Hall–Kier alpha value is -1.11. The van der Waals surface area contributed by atoms with Crippen LogP contribution in [0.4, 0.5) is 0 Å². The topological polar surface area (TPSA) is 17.1 Å². The number of carbonyl (C=O) groups is 1. The lowest BCUT2D eigenvalue weighted by Gasteiger charge is -2.24. The summed E-state index contributed by atoms with van der Waals surface area (Å²) in [5, 5.41) is 0. The lowest BCUT2D eigenvalue weighted by atomic mass is 9.78. The Morgan fingerprint density at radius 1 is 1.29 bits per heavy atom. The zero-order valence-electron chi connectivity index (χ0n) is 9.21. The molecular weight excluding hydrogens is 172 g/mol. The van der Waals surface area contributed by atoms with Crippen molar-refractivity contribution in [1.82, 2.24) is 0 Å². The Balaban J connectivity index is 2.81. The van der Waals surface area contributed by atoms with Crippen LogP contribution in [-0.4, -0.2) is 5.78 Å². The minimum atomic E-state index is -0.193. The first-order chi connectivity index (χ1) is 6.58. The highest BCUT2D eigenvalue weighted by molar-refractivity contribution is 5.82. The van der Waals surface area contributed by atoms with Gasteiger partial charge in [-0.25, -0.2) is 0 Å². The third-order valence-corrected chi connectivity index (χ3v) is 3.07. The molecule has 0 saturated heterocycles.